The van der Waals surface area contributed by atoms with Crippen LogP contribution in [-0.2, 0) is 16.2 Å². The van der Waals surface area contributed by atoms with E-state index in [0.29, 0.717) is 11.6 Å². The fourth-order valence-corrected chi connectivity index (χ4v) is 4.65. The van der Waals surface area contributed by atoms with Gasteiger partial charge in [0.05, 0.1) is 4.88 Å². The molecule has 0 amide bonds. The van der Waals surface area contributed by atoms with Gasteiger partial charge >= 0.3 is 6.18 Å². The van der Waals surface area contributed by atoms with Gasteiger partial charge < -0.3 is 4.52 Å². The number of aromatic amines is 1. The number of rotatable bonds is 5. The number of hydrogen-bond acceptors (Lipinski definition) is 8. The lowest BCUT2D eigenvalue weighted by atomic mass is 10.2. The SMILES string of the molecule is O=S(=O)(Nc1cccc(-c2nn[nH]n2)c1)c1ccc(-c2cc(C(F)(F)F)on2)s1. The molecule has 4 aromatic rings. The molecule has 29 heavy (non-hydrogen) atoms. The van der Waals surface area contributed by atoms with Gasteiger partial charge in [-0.15, -0.1) is 21.5 Å². The summed E-state index contributed by atoms with van der Waals surface area (Å²) in [5, 5.41) is 16.7. The quantitative estimate of drug-likeness (QED) is 0.485. The Labute approximate surface area is 164 Å². The Hall–Kier alpha value is -3.26. The number of tetrazole rings is 1. The minimum absolute atomic E-state index is 0.103. The van der Waals surface area contributed by atoms with Crippen LogP contribution in [0.15, 0.2) is 51.2 Å². The molecular formula is C15H9F3N6O3S2. The molecule has 0 radical (unpaired) electrons. The average molecular weight is 442 g/mol. The molecule has 0 aliphatic heterocycles. The number of H-pyrrole nitrogens is 1. The van der Waals surface area contributed by atoms with Crippen LogP contribution in [0.1, 0.15) is 5.76 Å². The first-order valence-electron chi connectivity index (χ1n) is 7.73. The zero-order valence-corrected chi connectivity index (χ0v) is 15.6. The van der Waals surface area contributed by atoms with Gasteiger partial charge in [-0.05, 0) is 29.5 Å². The Morgan fingerprint density at radius 3 is 2.66 bits per heavy atom. The molecule has 0 saturated heterocycles. The fourth-order valence-electron chi connectivity index (χ4n) is 2.34. The molecule has 0 unspecified atom stereocenters. The summed E-state index contributed by atoms with van der Waals surface area (Å²) >= 11 is 0.758. The highest BCUT2D eigenvalue weighted by molar-refractivity contribution is 7.94. The van der Waals surface area contributed by atoms with E-state index >= 15 is 0 Å². The van der Waals surface area contributed by atoms with Crippen LogP contribution in [0, 0.1) is 0 Å². The van der Waals surface area contributed by atoms with Crippen molar-refractivity contribution in [2.75, 3.05) is 4.72 Å². The fraction of sp³-hybridized carbons (Fsp3) is 0.0667. The Morgan fingerprint density at radius 1 is 1.14 bits per heavy atom. The van der Waals surface area contributed by atoms with Gasteiger partial charge in [-0.25, -0.2) is 8.42 Å². The molecule has 0 bridgehead atoms. The molecule has 0 fully saturated rings. The molecule has 150 valence electrons. The van der Waals surface area contributed by atoms with E-state index in [0.717, 1.165) is 11.3 Å². The van der Waals surface area contributed by atoms with E-state index in [1.54, 1.807) is 12.1 Å². The second-order valence-corrected chi connectivity index (χ2v) is 8.61. The third-order valence-corrected chi connectivity index (χ3v) is 6.59. The van der Waals surface area contributed by atoms with E-state index in [1.165, 1.54) is 24.3 Å². The number of anilines is 1. The Bertz CT molecular complexity index is 1250. The van der Waals surface area contributed by atoms with E-state index in [4.69, 9.17) is 0 Å². The van der Waals surface area contributed by atoms with Gasteiger partial charge in [0.1, 0.15) is 9.90 Å². The number of halogens is 3. The number of aromatic nitrogens is 5. The standard InChI is InChI=1S/C15H9F3N6O3S2/c16-15(17,18)12-7-10(21-27-12)11-4-5-13(28-11)29(25,26)22-9-3-1-2-8(6-9)14-19-23-24-20-14/h1-7,22H,(H,19,20,23,24). The monoisotopic (exact) mass is 442 g/mol. The van der Waals surface area contributed by atoms with Crippen LogP contribution in [0.25, 0.3) is 22.0 Å². The van der Waals surface area contributed by atoms with Gasteiger partial charge in [-0.3, -0.25) is 4.72 Å². The maximum absolute atomic E-state index is 12.6. The Morgan fingerprint density at radius 2 is 1.97 bits per heavy atom. The second kappa shape index (κ2) is 6.97. The van der Waals surface area contributed by atoms with E-state index < -0.39 is 22.0 Å². The van der Waals surface area contributed by atoms with Gasteiger partial charge in [0, 0.05) is 17.3 Å². The first kappa shape index (κ1) is 19.1. The summed E-state index contributed by atoms with van der Waals surface area (Å²) in [5.74, 6) is -0.974. The van der Waals surface area contributed by atoms with E-state index in [9.17, 15) is 21.6 Å². The molecule has 1 aromatic carbocycles. The van der Waals surface area contributed by atoms with Crippen molar-refractivity contribution >= 4 is 27.0 Å². The smallest absolute Gasteiger partial charge is 0.351 e. The number of thiophene rings is 1. The van der Waals surface area contributed by atoms with Gasteiger partial charge in [-0.2, -0.15) is 18.4 Å². The molecule has 2 N–H and O–H groups in total. The zero-order chi connectivity index (χ0) is 20.6. The molecule has 9 nitrogen and oxygen atoms in total. The maximum Gasteiger partial charge on any atom is 0.452 e. The van der Waals surface area contributed by atoms with Gasteiger partial charge in [0.15, 0.2) is 0 Å². The molecule has 0 saturated carbocycles. The minimum atomic E-state index is -4.68. The van der Waals surface area contributed by atoms with Crippen LogP contribution in [0.5, 0.6) is 0 Å². The second-order valence-electron chi connectivity index (χ2n) is 5.61. The molecule has 0 spiro atoms. The molecule has 0 aliphatic carbocycles. The topological polar surface area (TPSA) is 127 Å². The lowest BCUT2D eigenvalue weighted by molar-refractivity contribution is -0.155. The van der Waals surface area contributed by atoms with Crippen LogP contribution in [0.2, 0.25) is 0 Å². The minimum Gasteiger partial charge on any atom is -0.351 e. The number of sulfonamides is 1. The number of nitrogens with one attached hydrogen (secondary N) is 2. The molecule has 0 atom stereocenters. The summed E-state index contributed by atoms with van der Waals surface area (Å²) in [6, 6.07) is 9.67. The van der Waals surface area contributed by atoms with Crippen molar-refractivity contribution in [3.63, 3.8) is 0 Å². The Balaban J connectivity index is 1.58. The van der Waals surface area contributed by atoms with Gasteiger partial charge in [0.25, 0.3) is 10.0 Å². The number of alkyl halides is 3. The van der Waals surface area contributed by atoms with Crippen molar-refractivity contribution < 1.29 is 26.1 Å². The predicted molar refractivity (Wildman–Crippen MR) is 95.2 cm³/mol. The van der Waals surface area contributed by atoms with Crippen molar-refractivity contribution in [1.29, 1.82) is 0 Å². The summed E-state index contributed by atoms with van der Waals surface area (Å²) in [7, 11) is -3.98. The molecule has 4 rings (SSSR count). The lowest BCUT2D eigenvalue weighted by Gasteiger charge is -2.07. The average Bonchev–Trinajstić information content (AvgIpc) is 3.41. The maximum atomic E-state index is 12.6. The van der Waals surface area contributed by atoms with Crippen LogP contribution >= 0.6 is 11.3 Å². The molecule has 14 heteroatoms. The highest BCUT2D eigenvalue weighted by Crippen LogP contribution is 2.35. The van der Waals surface area contributed by atoms with Crippen LogP contribution < -0.4 is 4.72 Å². The summed E-state index contributed by atoms with van der Waals surface area (Å²) in [6.45, 7) is 0. The van der Waals surface area contributed by atoms with E-state index in [1.807, 2.05) is 0 Å². The number of hydrogen-bond donors (Lipinski definition) is 2. The van der Waals surface area contributed by atoms with Crippen molar-refractivity contribution in [3.05, 3.63) is 48.2 Å². The summed E-state index contributed by atoms with van der Waals surface area (Å²) in [5.41, 5.74) is 0.680. The van der Waals surface area contributed by atoms with Crippen molar-refractivity contribution in [3.8, 4) is 22.0 Å². The third-order valence-electron chi connectivity index (χ3n) is 3.61. The first-order valence-corrected chi connectivity index (χ1v) is 10.0. The Kier molecular flexibility index (Phi) is 4.58. The molecule has 0 aliphatic rings. The summed E-state index contributed by atoms with van der Waals surface area (Å²) in [4.78, 5) is 0.213. The predicted octanol–water partition coefficient (Wildman–Crippen LogP) is 3.40. The zero-order valence-electron chi connectivity index (χ0n) is 14.0. The third kappa shape index (κ3) is 3.97. The van der Waals surface area contributed by atoms with Gasteiger partial charge in [-0.1, -0.05) is 17.3 Å². The molecular weight excluding hydrogens is 433 g/mol. The first-order chi connectivity index (χ1) is 13.7. The largest absolute Gasteiger partial charge is 0.452 e. The normalized spacial score (nSPS) is 12.2. The van der Waals surface area contributed by atoms with E-state index in [-0.39, 0.29) is 26.3 Å². The lowest BCUT2D eigenvalue weighted by Crippen LogP contribution is -2.11. The van der Waals surface area contributed by atoms with E-state index in [2.05, 4.69) is 35.0 Å². The van der Waals surface area contributed by atoms with Crippen LogP contribution in [0.3, 0.4) is 0 Å². The number of benzene rings is 1. The van der Waals surface area contributed by atoms with Crippen molar-refractivity contribution in [1.82, 2.24) is 25.8 Å². The molecule has 3 heterocycles. The highest BCUT2D eigenvalue weighted by Gasteiger charge is 2.36. The van der Waals surface area contributed by atoms with Crippen LogP contribution in [-0.4, -0.2) is 34.2 Å². The molecule has 3 aromatic heterocycles. The van der Waals surface area contributed by atoms with Crippen LogP contribution in [0.4, 0.5) is 18.9 Å². The van der Waals surface area contributed by atoms with Crippen molar-refractivity contribution in [2.24, 2.45) is 0 Å². The number of nitrogens with zero attached hydrogens (tertiary/aromatic N) is 4. The van der Waals surface area contributed by atoms with Crippen molar-refractivity contribution in [2.45, 2.75) is 10.4 Å². The highest BCUT2D eigenvalue weighted by atomic mass is 32.2. The summed E-state index contributed by atoms with van der Waals surface area (Å²) in [6.07, 6.45) is -4.68. The summed E-state index contributed by atoms with van der Waals surface area (Å²) < 4.78 is 69.8. The van der Waals surface area contributed by atoms with Gasteiger partial charge in [0.2, 0.25) is 11.6 Å².